The summed E-state index contributed by atoms with van der Waals surface area (Å²) in [5.41, 5.74) is 3.08. The van der Waals surface area contributed by atoms with E-state index in [9.17, 15) is 0 Å². The molecule has 22 heavy (non-hydrogen) atoms. The molecule has 1 atom stereocenters. The van der Waals surface area contributed by atoms with E-state index in [0.717, 1.165) is 18.7 Å². The third-order valence-corrected chi connectivity index (χ3v) is 4.86. The summed E-state index contributed by atoms with van der Waals surface area (Å²) in [6, 6.07) is 11.2. The van der Waals surface area contributed by atoms with Crippen LogP contribution < -0.4 is 10.1 Å². The van der Waals surface area contributed by atoms with Crippen LogP contribution in [0.4, 0.5) is 0 Å². The van der Waals surface area contributed by atoms with E-state index in [4.69, 9.17) is 4.74 Å². The van der Waals surface area contributed by atoms with Crippen molar-refractivity contribution in [3.63, 3.8) is 0 Å². The summed E-state index contributed by atoms with van der Waals surface area (Å²) in [6.07, 6.45) is 4.84. The lowest BCUT2D eigenvalue weighted by Gasteiger charge is -2.22. The fourth-order valence-corrected chi connectivity index (χ4v) is 3.32. The van der Waals surface area contributed by atoms with Crippen LogP contribution in [-0.2, 0) is 12.0 Å². The van der Waals surface area contributed by atoms with Gasteiger partial charge in [-0.25, -0.2) is 9.97 Å². The highest BCUT2D eigenvalue weighted by Crippen LogP contribution is 2.63. The van der Waals surface area contributed by atoms with E-state index in [1.54, 1.807) is 7.11 Å². The monoisotopic (exact) mass is 297 g/mol. The van der Waals surface area contributed by atoms with Crippen LogP contribution in [0.25, 0.3) is 0 Å². The molecule has 0 saturated heterocycles. The van der Waals surface area contributed by atoms with Crippen molar-refractivity contribution in [3.8, 4) is 6.01 Å². The Kier molecular flexibility index (Phi) is 3.87. The second-order valence-corrected chi connectivity index (χ2v) is 6.69. The second kappa shape index (κ2) is 5.69. The van der Waals surface area contributed by atoms with Gasteiger partial charge in [0.25, 0.3) is 0 Å². The Morgan fingerprint density at radius 1 is 1.14 bits per heavy atom. The molecule has 1 N–H and O–H groups in total. The third-order valence-electron chi connectivity index (χ3n) is 4.86. The molecule has 1 fully saturated rings. The maximum absolute atomic E-state index is 4.98. The normalized spacial score (nSPS) is 22.3. The fourth-order valence-electron chi connectivity index (χ4n) is 3.32. The predicted molar refractivity (Wildman–Crippen MR) is 86.8 cm³/mol. The van der Waals surface area contributed by atoms with Crippen molar-refractivity contribution in [2.75, 3.05) is 13.7 Å². The van der Waals surface area contributed by atoms with Crippen LogP contribution in [0.5, 0.6) is 6.01 Å². The van der Waals surface area contributed by atoms with Gasteiger partial charge in [0.2, 0.25) is 0 Å². The van der Waals surface area contributed by atoms with Crippen LogP contribution in [0.15, 0.2) is 42.7 Å². The van der Waals surface area contributed by atoms with Gasteiger partial charge in [0.05, 0.1) is 7.11 Å². The Balaban J connectivity index is 1.64. The lowest BCUT2D eigenvalue weighted by Crippen LogP contribution is -2.30. The van der Waals surface area contributed by atoms with Gasteiger partial charge in [-0.1, -0.05) is 44.2 Å². The summed E-state index contributed by atoms with van der Waals surface area (Å²) in [4.78, 5) is 8.28. The summed E-state index contributed by atoms with van der Waals surface area (Å²) in [5, 5.41) is 3.58. The molecule has 1 aliphatic rings. The lowest BCUT2D eigenvalue weighted by atomic mass is 9.88. The number of ether oxygens (including phenoxy) is 1. The Morgan fingerprint density at radius 3 is 2.32 bits per heavy atom. The van der Waals surface area contributed by atoms with Gasteiger partial charge in [-0.05, 0) is 17.4 Å². The summed E-state index contributed by atoms with van der Waals surface area (Å²) < 4.78 is 4.98. The number of aromatic nitrogens is 2. The Hall–Kier alpha value is -1.94. The molecule has 1 saturated carbocycles. The van der Waals surface area contributed by atoms with Crippen molar-refractivity contribution in [2.24, 2.45) is 5.41 Å². The van der Waals surface area contributed by atoms with E-state index in [2.05, 4.69) is 59.5 Å². The van der Waals surface area contributed by atoms with Gasteiger partial charge in [-0.2, -0.15) is 0 Å². The molecule has 116 valence electrons. The Labute approximate surface area is 132 Å². The van der Waals surface area contributed by atoms with Crippen LogP contribution >= 0.6 is 0 Å². The molecule has 0 radical (unpaired) electrons. The van der Waals surface area contributed by atoms with E-state index >= 15 is 0 Å². The summed E-state index contributed by atoms with van der Waals surface area (Å²) >= 11 is 0. The fraction of sp³-hybridized carbons (Fsp3) is 0.444. The Bertz CT molecular complexity index is 625. The molecule has 1 aliphatic carbocycles. The van der Waals surface area contributed by atoms with Crippen molar-refractivity contribution < 1.29 is 4.74 Å². The van der Waals surface area contributed by atoms with Crippen molar-refractivity contribution in [1.29, 1.82) is 0 Å². The summed E-state index contributed by atoms with van der Waals surface area (Å²) in [7, 11) is 1.58. The first kappa shape index (κ1) is 15.0. The number of nitrogens with one attached hydrogen (secondary N) is 1. The number of rotatable bonds is 6. The van der Waals surface area contributed by atoms with Gasteiger partial charge in [0.15, 0.2) is 0 Å². The van der Waals surface area contributed by atoms with Crippen molar-refractivity contribution >= 4 is 0 Å². The Morgan fingerprint density at radius 2 is 1.77 bits per heavy atom. The van der Waals surface area contributed by atoms with Gasteiger partial charge in [-0.15, -0.1) is 0 Å². The number of benzene rings is 1. The van der Waals surface area contributed by atoms with Gasteiger partial charge in [0, 0.05) is 36.5 Å². The molecule has 4 heteroatoms. The minimum Gasteiger partial charge on any atom is -0.467 e. The predicted octanol–water partition coefficient (Wildman–Crippen LogP) is 2.94. The number of methoxy groups -OCH3 is 1. The topological polar surface area (TPSA) is 47.0 Å². The first-order chi connectivity index (χ1) is 10.6. The van der Waals surface area contributed by atoms with Gasteiger partial charge in [0.1, 0.15) is 0 Å². The molecule has 0 amide bonds. The van der Waals surface area contributed by atoms with Gasteiger partial charge < -0.3 is 10.1 Å². The minimum atomic E-state index is 0.238. The number of hydrogen-bond acceptors (Lipinski definition) is 4. The molecule has 1 heterocycles. The standard InChI is InChI=1S/C18H23N3O/c1-17(2)12-18(17,15-7-5-4-6-8-15)13-19-9-14-10-20-16(22-3)21-11-14/h4-8,10-11,19H,9,12-13H2,1-3H3. The second-order valence-electron chi connectivity index (χ2n) is 6.69. The highest BCUT2D eigenvalue weighted by molar-refractivity contribution is 5.37. The minimum absolute atomic E-state index is 0.238. The van der Waals surface area contributed by atoms with E-state index in [1.165, 1.54) is 12.0 Å². The van der Waals surface area contributed by atoms with Crippen molar-refractivity contribution in [1.82, 2.24) is 15.3 Å². The van der Waals surface area contributed by atoms with E-state index in [1.807, 2.05) is 12.4 Å². The van der Waals surface area contributed by atoms with E-state index < -0.39 is 0 Å². The average molecular weight is 297 g/mol. The first-order valence-corrected chi connectivity index (χ1v) is 7.69. The van der Waals surface area contributed by atoms with Gasteiger partial charge >= 0.3 is 6.01 Å². The molecule has 0 aliphatic heterocycles. The van der Waals surface area contributed by atoms with E-state index in [-0.39, 0.29) is 5.41 Å². The molecule has 0 spiro atoms. The quantitative estimate of drug-likeness (QED) is 0.890. The third kappa shape index (κ3) is 2.71. The molecular formula is C18H23N3O. The lowest BCUT2D eigenvalue weighted by molar-refractivity contribution is 0.379. The molecule has 0 bridgehead atoms. The van der Waals surface area contributed by atoms with Crippen LogP contribution in [-0.4, -0.2) is 23.6 Å². The van der Waals surface area contributed by atoms with E-state index in [0.29, 0.717) is 11.4 Å². The van der Waals surface area contributed by atoms with Crippen LogP contribution in [0, 0.1) is 5.41 Å². The maximum Gasteiger partial charge on any atom is 0.316 e. The zero-order valence-electron chi connectivity index (χ0n) is 13.5. The number of nitrogens with zero attached hydrogens (tertiary/aromatic N) is 2. The van der Waals surface area contributed by atoms with Crippen LogP contribution in [0.2, 0.25) is 0 Å². The molecule has 4 nitrogen and oxygen atoms in total. The largest absolute Gasteiger partial charge is 0.467 e. The first-order valence-electron chi connectivity index (χ1n) is 7.69. The summed E-state index contributed by atoms with van der Waals surface area (Å²) in [5.74, 6) is 0. The van der Waals surface area contributed by atoms with Crippen molar-refractivity contribution in [3.05, 3.63) is 53.9 Å². The van der Waals surface area contributed by atoms with Crippen molar-refractivity contribution in [2.45, 2.75) is 32.2 Å². The molecular weight excluding hydrogens is 274 g/mol. The molecule has 3 rings (SSSR count). The number of hydrogen-bond donors (Lipinski definition) is 1. The smallest absolute Gasteiger partial charge is 0.316 e. The maximum atomic E-state index is 4.98. The zero-order chi connectivity index (χ0) is 15.6. The molecule has 1 unspecified atom stereocenters. The molecule has 1 aromatic carbocycles. The molecule has 2 aromatic rings. The zero-order valence-corrected chi connectivity index (χ0v) is 13.5. The average Bonchev–Trinajstić information content (AvgIpc) is 3.11. The van der Waals surface area contributed by atoms with Gasteiger partial charge in [-0.3, -0.25) is 0 Å². The molecule has 1 aromatic heterocycles. The van der Waals surface area contributed by atoms with Crippen LogP contribution in [0.1, 0.15) is 31.4 Å². The SMILES string of the molecule is COc1ncc(CNCC2(c3ccccc3)CC2(C)C)cn1. The highest BCUT2D eigenvalue weighted by Gasteiger charge is 2.61. The van der Waals surface area contributed by atoms with Crippen LogP contribution in [0.3, 0.4) is 0 Å². The highest BCUT2D eigenvalue weighted by atomic mass is 16.5. The summed E-state index contributed by atoms with van der Waals surface area (Å²) in [6.45, 7) is 6.43.